The second-order valence-corrected chi connectivity index (χ2v) is 7.23. The number of nitrogens with zero attached hydrogens (tertiary/aromatic N) is 2. The molecular formula is C18H26N4O4. The Morgan fingerprint density at radius 3 is 2.50 bits per heavy atom. The maximum absolute atomic E-state index is 12.6. The zero-order valence-electron chi connectivity index (χ0n) is 15.4. The molecule has 0 aromatic heterocycles. The summed E-state index contributed by atoms with van der Waals surface area (Å²) in [6, 6.07) is 4.28. The lowest BCUT2D eigenvalue weighted by Crippen LogP contribution is -2.43. The van der Waals surface area contributed by atoms with E-state index < -0.39 is 10.8 Å². The Hall–Kier alpha value is -2.64. The minimum Gasteiger partial charge on any atom is -0.371 e. The van der Waals surface area contributed by atoms with Crippen LogP contribution in [0.4, 0.5) is 11.4 Å². The van der Waals surface area contributed by atoms with Gasteiger partial charge in [0.05, 0.1) is 16.2 Å². The Kier molecular flexibility index (Phi) is 6.54. The van der Waals surface area contributed by atoms with Crippen LogP contribution >= 0.6 is 0 Å². The van der Waals surface area contributed by atoms with Crippen LogP contribution in [0.5, 0.6) is 0 Å². The number of hydrazine groups is 1. The van der Waals surface area contributed by atoms with Gasteiger partial charge in [-0.05, 0) is 30.7 Å². The molecule has 142 valence electrons. The molecule has 0 saturated carbocycles. The number of nitro groups is 1. The van der Waals surface area contributed by atoms with E-state index in [-0.39, 0.29) is 29.5 Å². The number of piperidine rings is 1. The third-order valence-electron chi connectivity index (χ3n) is 4.47. The number of nitrogens with one attached hydrogen (secondary N) is 2. The molecule has 1 saturated heterocycles. The van der Waals surface area contributed by atoms with E-state index in [1.54, 1.807) is 6.07 Å². The number of carbonyl (C=O) groups is 2. The van der Waals surface area contributed by atoms with Gasteiger partial charge >= 0.3 is 0 Å². The number of anilines is 1. The molecule has 0 spiro atoms. The standard InChI is InChI=1S/C18H26N4O4/c1-12(2)10-17(23)19-20-18(24)15-11-14(22(25)26)4-5-16(15)21-8-6-13(3)7-9-21/h4-5,11-13H,6-10H2,1-3H3,(H,19,23)(H,20,24). The van der Waals surface area contributed by atoms with E-state index in [0.717, 1.165) is 25.9 Å². The summed E-state index contributed by atoms with van der Waals surface area (Å²) in [6.07, 6.45) is 2.29. The molecule has 1 aromatic rings. The fourth-order valence-electron chi connectivity index (χ4n) is 2.96. The van der Waals surface area contributed by atoms with Gasteiger partial charge in [0.15, 0.2) is 0 Å². The van der Waals surface area contributed by atoms with Gasteiger partial charge in [0.2, 0.25) is 5.91 Å². The van der Waals surface area contributed by atoms with Crippen molar-refractivity contribution in [2.45, 2.75) is 40.0 Å². The molecule has 2 rings (SSSR count). The van der Waals surface area contributed by atoms with Crippen LogP contribution < -0.4 is 15.8 Å². The average molecular weight is 362 g/mol. The van der Waals surface area contributed by atoms with E-state index in [1.807, 2.05) is 13.8 Å². The number of benzene rings is 1. The van der Waals surface area contributed by atoms with Crippen LogP contribution in [-0.2, 0) is 4.79 Å². The molecule has 8 nitrogen and oxygen atoms in total. The van der Waals surface area contributed by atoms with E-state index in [2.05, 4.69) is 22.7 Å². The Morgan fingerprint density at radius 1 is 1.27 bits per heavy atom. The zero-order chi connectivity index (χ0) is 19.3. The van der Waals surface area contributed by atoms with Crippen molar-refractivity contribution in [1.29, 1.82) is 0 Å². The molecule has 2 amide bonds. The molecule has 2 N–H and O–H groups in total. The Balaban J connectivity index is 2.20. The molecule has 1 heterocycles. The van der Waals surface area contributed by atoms with Gasteiger partial charge in [0.25, 0.3) is 11.6 Å². The first kappa shape index (κ1) is 19.7. The van der Waals surface area contributed by atoms with Crippen LogP contribution in [0.15, 0.2) is 18.2 Å². The number of non-ortho nitro benzene ring substituents is 1. The highest BCUT2D eigenvalue weighted by molar-refractivity contribution is 6.01. The van der Waals surface area contributed by atoms with Gasteiger partial charge in [-0.1, -0.05) is 20.8 Å². The smallest absolute Gasteiger partial charge is 0.272 e. The van der Waals surface area contributed by atoms with E-state index >= 15 is 0 Å². The number of nitro benzene ring substituents is 1. The molecule has 1 aliphatic heterocycles. The predicted octanol–water partition coefficient (Wildman–Crippen LogP) is 2.64. The van der Waals surface area contributed by atoms with Gasteiger partial charge in [-0.15, -0.1) is 0 Å². The molecule has 0 bridgehead atoms. The highest BCUT2D eigenvalue weighted by atomic mass is 16.6. The SMILES string of the molecule is CC(C)CC(=O)NNC(=O)c1cc([N+](=O)[O-])ccc1N1CCC(C)CC1. The lowest BCUT2D eigenvalue weighted by atomic mass is 9.98. The summed E-state index contributed by atoms with van der Waals surface area (Å²) in [6.45, 7) is 7.57. The van der Waals surface area contributed by atoms with E-state index in [1.165, 1.54) is 12.1 Å². The highest BCUT2D eigenvalue weighted by Crippen LogP contribution is 2.29. The molecule has 0 aliphatic carbocycles. The summed E-state index contributed by atoms with van der Waals surface area (Å²) in [7, 11) is 0. The Labute approximate surface area is 153 Å². The van der Waals surface area contributed by atoms with E-state index in [9.17, 15) is 19.7 Å². The third kappa shape index (κ3) is 5.18. The first-order valence-corrected chi connectivity index (χ1v) is 8.90. The number of hydrogen-bond donors (Lipinski definition) is 2. The van der Waals surface area contributed by atoms with Crippen LogP contribution in [0.1, 0.15) is 50.4 Å². The maximum atomic E-state index is 12.6. The van der Waals surface area contributed by atoms with Crippen molar-refractivity contribution in [2.75, 3.05) is 18.0 Å². The lowest BCUT2D eigenvalue weighted by molar-refractivity contribution is -0.384. The topological polar surface area (TPSA) is 105 Å². The number of hydrogen-bond acceptors (Lipinski definition) is 5. The number of amides is 2. The van der Waals surface area contributed by atoms with Gasteiger partial charge in [0.1, 0.15) is 0 Å². The van der Waals surface area contributed by atoms with Crippen LogP contribution in [-0.4, -0.2) is 29.8 Å². The monoisotopic (exact) mass is 362 g/mol. The number of rotatable bonds is 5. The van der Waals surface area contributed by atoms with Gasteiger partial charge in [-0.25, -0.2) is 0 Å². The first-order valence-electron chi connectivity index (χ1n) is 8.90. The third-order valence-corrected chi connectivity index (χ3v) is 4.47. The molecule has 1 aliphatic rings. The normalized spacial score (nSPS) is 15.0. The largest absolute Gasteiger partial charge is 0.371 e. The molecule has 0 unspecified atom stereocenters. The van der Waals surface area contributed by atoms with Gasteiger partial charge in [-0.2, -0.15) is 0 Å². The van der Waals surface area contributed by atoms with Crippen molar-refractivity contribution in [3.8, 4) is 0 Å². The van der Waals surface area contributed by atoms with E-state index in [4.69, 9.17) is 0 Å². The molecule has 0 radical (unpaired) electrons. The highest BCUT2D eigenvalue weighted by Gasteiger charge is 2.23. The molecule has 1 fully saturated rings. The molecule has 8 heteroatoms. The van der Waals surface area contributed by atoms with Crippen molar-refractivity contribution in [2.24, 2.45) is 11.8 Å². The maximum Gasteiger partial charge on any atom is 0.272 e. The van der Waals surface area contributed by atoms with Gasteiger partial charge in [0, 0.05) is 31.6 Å². The minimum atomic E-state index is -0.556. The quantitative estimate of drug-likeness (QED) is 0.619. The van der Waals surface area contributed by atoms with Crippen molar-refractivity contribution in [3.05, 3.63) is 33.9 Å². The zero-order valence-corrected chi connectivity index (χ0v) is 15.4. The van der Waals surface area contributed by atoms with Crippen molar-refractivity contribution < 1.29 is 14.5 Å². The summed E-state index contributed by atoms with van der Waals surface area (Å²) >= 11 is 0. The van der Waals surface area contributed by atoms with E-state index in [0.29, 0.717) is 11.6 Å². The van der Waals surface area contributed by atoms with Crippen molar-refractivity contribution >= 4 is 23.2 Å². The van der Waals surface area contributed by atoms with Crippen LogP contribution in [0.2, 0.25) is 0 Å². The van der Waals surface area contributed by atoms with Crippen LogP contribution in [0, 0.1) is 22.0 Å². The van der Waals surface area contributed by atoms with Gasteiger partial charge < -0.3 is 4.90 Å². The molecule has 26 heavy (non-hydrogen) atoms. The summed E-state index contributed by atoms with van der Waals surface area (Å²) < 4.78 is 0. The first-order chi connectivity index (χ1) is 12.3. The predicted molar refractivity (Wildman–Crippen MR) is 98.8 cm³/mol. The fourth-order valence-corrected chi connectivity index (χ4v) is 2.96. The molecule has 0 atom stereocenters. The van der Waals surface area contributed by atoms with Crippen LogP contribution in [0.25, 0.3) is 0 Å². The van der Waals surface area contributed by atoms with Crippen molar-refractivity contribution in [1.82, 2.24) is 10.9 Å². The Bertz CT molecular complexity index is 682. The molecule has 1 aromatic carbocycles. The average Bonchev–Trinajstić information content (AvgIpc) is 2.59. The second kappa shape index (κ2) is 8.64. The second-order valence-electron chi connectivity index (χ2n) is 7.23. The summed E-state index contributed by atoms with van der Waals surface area (Å²) in [5.41, 5.74) is 5.43. The Morgan fingerprint density at radius 2 is 1.92 bits per heavy atom. The van der Waals surface area contributed by atoms with Crippen molar-refractivity contribution in [3.63, 3.8) is 0 Å². The number of carbonyl (C=O) groups excluding carboxylic acids is 2. The van der Waals surface area contributed by atoms with Gasteiger partial charge in [-0.3, -0.25) is 30.6 Å². The summed E-state index contributed by atoms with van der Waals surface area (Å²) in [4.78, 5) is 36.9. The summed E-state index contributed by atoms with van der Waals surface area (Å²) in [5.74, 6) is -0.0703. The fraction of sp³-hybridized carbons (Fsp3) is 0.556. The lowest BCUT2D eigenvalue weighted by Gasteiger charge is -2.33. The van der Waals surface area contributed by atoms with Crippen LogP contribution in [0.3, 0.4) is 0 Å². The molecular weight excluding hydrogens is 336 g/mol. The summed E-state index contributed by atoms with van der Waals surface area (Å²) in [5, 5.41) is 11.1. The minimum absolute atomic E-state index is 0.155.